The Balaban J connectivity index is 1.76. The minimum absolute atomic E-state index is 0.229. The van der Waals surface area contributed by atoms with Gasteiger partial charge in [0.1, 0.15) is 11.9 Å². The first-order valence-corrected chi connectivity index (χ1v) is 6.29. The molecule has 1 heterocycles. The van der Waals surface area contributed by atoms with E-state index in [0.717, 1.165) is 30.8 Å². The third-order valence-electron chi connectivity index (χ3n) is 3.11. The van der Waals surface area contributed by atoms with E-state index in [4.69, 9.17) is 9.84 Å². The summed E-state index contributed by atoms with van der Waals surface area (Å²) in [5.74, 6) is 0.166. The van der Waals surface area contributed by atoms with Gasteiger partial charge in [0.25, 0.3) is 0 Å². The minimum atomic E-state index is -0.732. The molecule has 1 aliphatic rings. The van der Waals surface area contributed by atoms with Gasteiger partial charge >= 0.3 is 5.97 Å². The van der Waals surface area contributed by atoms with Crippen molar-refractivity contribution in [3.8, 4) is 5.75 Å². The predicted octanol–water partition coefficient (Wildman–Crippen LogP) is 1.79. The van der Waals surface area contributed by atoms with Gasteiger partial charge in [-0.05, 0) is 37.6 Å². The Morgan fingerprint density at radius 2 is 2.06 bits per heavy atom. The van der Waals surface area contributed by atoms with Crippen LogP contribution in [-0.4, -0.2) is 42.2 Å². The van der Waals surface area contributed by atoms with Crippen LogP contribution in [0, 0.1) is 0 Å². The first-order chi connectivity index (χ1) is 8.63. The lowest BCUT2D eigenvalue weighted by molar-refractivity contribution is -0.137. The first kappa shape index (κ1) is 12.9. The highest BCUT2D eigenvalue weighted by molar-refractivity contribution is 5.66. The van der Waals surface area contributed by atoms with Gasteiger partial charge in [-0.15, -0.1) is 0 Å². The maximum atomic E-state index is 10.4. The lowest BCUT2D eigenvalue weighted by Gasteiger charge is -2.36. The monoisotopic (exact) mass is 249 g/mol. The fourth-order valence-electron chi connectivity index (χ4n) is 2.09. The van der Waals surface area contributed by atoms with Crippen molar-refractivity contribution in [1.29, 1.82) is 0 Å². The van der Waals surface area contributed by atoms with Crippen LogP contribution in [0.4, 0.5) is 0 Å². The van der Waals surface area contributed by atoms with Crippen LogP contribution in [0.3, 0.4) is 0 Å². The highest BCUT2D eigenvalue weighted by Crippen LogP contribution is 2.18. The van der Waals surface area contributed by atoms with Gasteiger partial charge in [0.15, 0.2) is 0 Å². The summed E-state index contributed by atoms with van der Waals surface area (Å²) in [7, 11) is 2.07. The van der Waals surface area contributed by atoms with E-state index in [-0.39, 0.29) is 6.42 Å². The van der Waals surface area contributed by atoms with Gasteiger partial charge in [-0.3, -0.25) is 9.69 Å². The van der Waals surface area contributed by atoms with Crippen molar-refractivity contribution in [2.24, 2.45) is 0 Å². The molecule has 1 saturated heterocycles. The zero-order chi connectivity index (χ0) is 13.0. The molecule has 4 heteroatoms. The molecule has 98 valence electrons. The summed E-state index contributed by atoms with van der Waals surface area (Å²) in [4.78, 5) is 12.6. The third kappa shape index (κ3) is 3.74. The van der Waals surface area contributed by atoms with E-state index in [1.165, 1.54) is 0 Å². The summed E-state index contributed by atoms with van der Waals surface area (Å²) in [6.45, 7) is 1.97. The smallest absolute Gasteiger partial charge is 0.303 e. The van der Waals surface area contributed by atoms with Crippen LogP contribution in [0.25, 0.3) is 0 Å². The Bertz CT molecular complexity index is 396. The molecule has 1 aliphatic heterocycles. The van der Waals surface area contributed by atoms with Gasteiger partial charge in [-0.2, -0.15) is 0 Å². The van der Waals surface area contributed by atoms with Crippen LogP contribution in [-0.2, 0) is 11.2 Å². The van der Waals surface area contributed by atoms with Crippen molar-refractivity contribution in [1.82, 2.24) is 4.90 Å². The minimum Gasteiger partial charge on any atom is -0.488 e. The van der Waals surface area contributed by atoms with E-state index in [1.807, 2.05) is 24.3 Å². The standard InChI is InChI=1S/C14H19NO3/c1-15-9-13(10-15)18-12-7-5-11(6-8-12)3-2-4-14(16)17/h5-8,13H,2-4,9-10H2,1H3,(H,16,17). The number of aliphatic carboxylic acids is 1. The number of carboxylic acids is 1. The molecule has 1 aromatic rings. The number of ether oxygens (including phenoxy) is 1. The average Bonchev–Trinajstić information content (AvgIpc) is 2.29. The Morgan fingerprint density at radius 3 is 2.61 bits per heavy atom. The van der Waals surface area contributed by atoms with Crippen LogP contribution >= 0.6 is 0 Å². The second kappa shape index (κ2) is 5.87. The van der Waals surface area contributed by atoms with Crippen LogP contribution in [0.15, 0.2) is 24.3 Å². The number of hydrogen-bond donors (Lipinski definition) is 1. The normalized spacial score (nSPS) is 16.3. The average molecular weight is 249 g/mol. The number of carboxylic acid groups (broad SMARTS) is 1. The predicted molar refractivity (Wildman–Crippen MR) is 68.9 cm³/mol. The van der Waals surface area contributed by atoms with Crippen molar-refractivity contribution in [3.63, 3.8) is 0 Å². The lowest BCUT2D eigenvalue weighted by atomic mass is 10.1. The lowest BCUT2D eigenvalue weighted by Crippen LogP contribution is -2.51. The molecular formula is C14H19NO3. The quantitative estimate of drug-likeness (QED) is 0.835. The van der Waals surface area contributed by atoms with Crippen molar-refractivity contribution in [3.05, 3.63) is 29.8 Å². The largest absolute Gasteiger partial charge is 0.488 e. The van der Waals surface area contributed by atoms with Crippen LogP contribution in [0.1, 0.15) is 18.4 Å². The number of nitrogens with zero attached hydrogens (tertiary/aromatic N) is 1. The molecule has 0 bridgehead atoms. The topological polar surface area (TPSA) is 49.8 Å². The number of benzene rings is 1. The number of likely N-dealkylation sites (N-methyl/N-ethyl adjacent to an activating group) is 1. The second-order valence-electron chi connectivity index (χ2n) is 4.85. The Kier molecular flexibility index (Phi) is 4.20. The van der Waals surface area contributed by atoms with Crippen molar-refractivity contribution < 1.29 is 14.6 Å². The molecule has 0 atom stereocenters. The molecule has 0 spiro atoms. The molecule has 4 nitrogen and oxygen atoms in total. The van der Waals surface area contributed by atoms with Crippen LogP contribution < -0.4 is 4.74 Å². The Labute approximate surface area is 107 Å². The molecule has 0 aliphatic carbocycles. The third-order valence-corrected chi connectivity index (χ3v) is 3.11. The SMILES string of the molecule is CN1CC(Oc2ccc(CCCC(=O)O)cc2)C1. The summed E-state index contributed by atoms with van der Waals surface area (Å²) in [6, 6.07) is 7.96. The first-order valence-electron chi connectivity index (χ1n) is 6.29. The van der Waals surface area contributed by atoms with Crippen LogP contribution in [0.5, 0.6) is 5.75 Å². The molecular weight excluding hydrogens is 230 g/mol. The summed E-state index contributed by atoms with van der Waals surface area (Å²) in [5, 5.41) is 8.57. The summed E-state index contributed by atoms with van der Waals surface area (Å²) in [6.07, 6.45) is 2.03. The summed E-state index contributed by atoms with van der Waals surface area (Å²) < 4.78 is 5.78. The zero-order valence-corrected chi connectivity index (χ0v) is 10.6. The summed E-state index contributed by atoms with van der Waals surface area (Å²) >= 11 is 0. The fraction of sp³-hybridized carbons (Fsp3) is 0.500. The van der Waals surface area contributed by atoms with Gasteiger partial charge in [0.2, 0.25) is 0 Å². The zero-order valence-electron chi connectivity index (χ0n) is 10.6. The van der Waals surface area contributed by atoms with E-state index >= 15 is 0 Å². The molecule has 1 fully saturated rings. The van der Waals surface area contributed by atoms with Crippen LogP contribution in [0.2, 0.25) is 0 Å². The Morgan fingerprint density at radius 1 is 1.39 bits per heavy atom. The molecule has 1 N–H and O–H groups in total. The van der Waals surface area contributed by atoms with Gasteiger partial charge in [0, 0.05) is 19.5 Å². The molecule has 18 heavy (non-hydrogen) atoms. The molecule has 0 unspecified atom stereocenters. The van der Waals surface area contributed by atoms with E-state index in [1.54, 1.807) is 0 Å². The molecule has 0 amide bonds. The van der Waals surface area contributed by atoms with Gasteiger partial charge in [-0.1, -0.05) is 12.1 Å². The number of rotatable bonds is 6. The van der Waals surface area contributed by atoms with E-state index < -0.39 is 5.97 Å². The maximum absolute atomic E-state index is 10.4. The highest BCUT2D eigenvalue weighted by atomic mass is 16.5. The van der Waals surface area contributed by atoms with Gasteiger partial charge < -0.3 is 9.84 Å². The molecule has 0 radical (unpaired) electrons. The van der Waals surface area contributed by atoms with Crippen molar-refractivity contribution in [2.45, 2.75) is 25.4 Å². The van der Waals surface area contributed by atoms with Crippen molar-refractivity contribution in [2.75, 3.05) is 20.1 Å². The number of carbonyl (C=O) groups is 1. The second-order valence-corrected chi connectivity index (χ2v) is 4.85. The molecule has 1 aromatic carbocycles. The molecule has 2 rings (SSSR count). The van der Waals surface area contributed by atoms with E-state index in [2.05, 4.69) is 11.9 Å². The van der Waals surface area contributed by atoms with Gasteiger partial charge in [0.05, 0.1) is 0 Å². The highest BCUT2D eigenvalue weighted by Gasteiger charge is 2.24. The molecule has 0 aromatic heterocycles. The van der Waals surface area contributed by atoms with E-state index in [0.29, 0.717) is 12.5 Å². The number of hydrogen-bond acceptors (Lipinski definition) is 3. The maximum Gasteiger partial charge on any atom is 0.303 e. The summed E-state index contributed by atoms with van der Waals surface area (Å²) in [5.41, 5.74) is 1.16. The van der Waals surface area contributed by atoms with Crippen molar-refractivity contribution >= 4 is 5.97 Å². The van der Waals surface area contributed by atoms with E-state index in [9.17, 15) is 4.79 Å². The molecule has 0 saturated carbocycles. The number of aryl methyl sites for hydroxylation is 1. The number of likely N-dealkylation sites (tertiary alicyclic amines) is 1. The van der Waals surface area contributed by atoms with Gasteiger partial charge in [-0.25, -0.2) is 0 Å². The fourth-order valence-corrected chi connectivity index (χ4v) is 2.09. The Hall–Kier alpha value is -1.55.